The molecule has 0 saturated carbocycles. The number of aliphatic carboxylic acids is 1. The Morgan fingerprint density at radius 3 is 2.92 bits per heavy atom. The molecule has 4 heterocycles. The second kappa shape index (κ2) is 9.66. The zero-order chi connectivity index (χ0) is 25.4. The molecule has 1 amide bonds. The van der Waals surface area contributed by atoms with Crippen LogP contribution < -0.4 is 0 Å². The molecule has 0 radical (unpaired) electrons. The number of carbonyl (C=O) groups excluding carboxylic acids is 1. The van der Waals surface area contributed by atoms with Gasteiger partial charge in [0.2, 0.25) is 0 Å². The van der Waals surface area contributed by atoms with Crippen molar-refractivity contribution in [2.24, 2.45) is 10.1 Å². The van der Waals surface area contributed by atoms with Crippen molar-refractivity contribution < 1.29 is 19.1 Å². The fraction of sp³-hybridized carbons (Fsp3) is 0.259. The van der Waals surface area contributed by atoms with Gasteiger partial charge in [0.15, 0.2) is 5.82 Å². The number of hydrogen-bond acceptors (Lipinski definition) is 6. The number of fused-ring (bicyclic) bond motifs is 2. The summed E-state index contributed by atoms with van der Waals surface area (Å²) in [4.78, 5) is 32.2. The van der Waals surface area contributed by atoms with E-state index < -0.39 is 11.8 Å². The lowest BCUT2D eigenvalue weighted by molar-refractivity contribution is -0.131. The maximum absolute atomic E-state index is 15.1. The van der Waals surface area contributed by atoms with E-state index in [1.807, 2.05) is 24.8 Å². The number of hydrazone groups is 1. The molecule has 0 spiro atoms. The van der Waals surface area contributed by atoms with E-state index in [4.69, 9.17) is 5.11 Å². The fourth-order valence-electron chi connectivity index (χ4n) is 4.69. The van der Waals surface area contributed by atoms with Crippen LogP contribution in [-0.4, -0.2) is 44.9 Å². The summed E-state index contributed by atoms with van der Waals surface area (Å²) in [6.45, 7) is 4.67. The third-order valence-electron chi connectivity index (χ3n) is 6.59. The molecule has 3 aliphatic heterocycles. The van der Waals surface area contributed by atoms with E-state index in [0.717, 1.165) is 18.2 Å². The van der Waals surface area contributed by atoms with E-state index in [9.17, 15) is 9.59 Å². The van der Waals surface area contributed by atoms with E-state index in [1.54, 1.807) is 34.6 Å². The number of rotatable bonds is 5. The van der Waals surface area contributed by atoms with Crippen molar-refractivity contribution in [3.8, 4) is 0 Å². The number of amides is 1. The highest BCUT2D eigenvalue weighted by Crippen LogP contribution is 2.34. The van der Waals surface area contributed by atoms with Gasteiger partial charge in [0.05, 0.1) is 11.8 Å². The molecule has 2 aromatic rings. The zero-order valence-electron chi connectivity index (χ0n) is 19.9. The monoisotopic (exact) mass is 504 g/mol. The van der Waals surface area contributed by atoms with Crippen LogP contribution in [0, 0.1) is 5.82 Å². The second-order valence-electron chi connectivity index (χ2n) is 8.72. The maximum Gasteiger partial charge on any atom is 0.328 e. The van der Waals surface area contributed by atoms with Crippen LogP contribution in [0.1, 0.15) is 54.3 Å². The summed E-state index contributed by atoms with van der Waals surface area (Å²) in [6.07, 6.45) is 7.52. The summed E-state index contributed by atoms with van der Waals surface area (Å²) in [7, 11) is 0. The largest absolute Gasteiger partial charge is 0.478 e. The van der Waals surface area contributed by atoms with Gasteiger partial charge in [-0.05, 0) is 55.0 Å². The Bertz CT molecular complexity index is 1400. The first kappa shape index (κ1) is 23.9. The minimum absolute atomic E-state index is 0.0120. The highest BCUT2D eigenvalue weighted by Gasteiger charge is 2.33. The SMILES string of the molecule is CCC1=CC(C(=O)N2CCc3sccc3[C@H]2C)=NC2=CCC(c3cccc(/C=C/C(=O)O)c3F)=NN12. The molecule has 7 nitrogen and oxygen atoms in total. The summed E-state index contributed by atoms with van der Waals surface area (Å²) in [5.74, 6) is -1.24. The number of carboxylic acid groups (broad SMARTS) is 1. The molecule has 0 fully saturated rings. The Kier molecular flexibility index (Phi) is 6.40. The van der Waals surface area contributed by atoms with Gasteiger partial charge in [-0.25, -0.2) is 19.2 Å². The average Bonchev–Trinajstić information content (AvgIpc) is 3.37. The smallest absolute Gasteiger partial charge is 0.328 e. The first-order valence-electron chi connectivity index (χ1n) is 11.8. The summed E-state index contributed by atoms with van der Waals surface area (Å²) >= 11 is 1.73. The van der Waals surface area contributed by atoms with Crippen LogP contribution >= 0.6 is 11.3 Å². The van der Waals surface area contributed by atoms with Gasteiger partial charge < -0.3 is 10.0 Å². The lowest BCUT2D eigenvalue weighted by Crippen LogP contribution is -2.43. The van der Waals surface area contributed by atoms with E-state index in [2.05, 4.69) is 21.5 Å². The fourth-order valence-corrected chi connectivity index (χ4v) is 5.65. The van der Waals surface area contributed by atoms with Gasteiger partial charge in [0, 0.05) is 40.7 Å². The van der Waals surface area contributed by atoms with Crippen LogP contribution in [0.3, 0.4) is 0 Å². The maximum atomic E-state index is 15.1. The molecule has 1 aromatic carbocycles. The van der Waals surface area contributed by atoms with Gasteiger partial charge in [-0.2, -0.15) is 5.10 Å². The Hall–Kier alpha value is -3.85. The predicted octanol–water partition coefficient (Wildman–Crippen LogP) is 5.13. The average molecular weight is 505 g/mol. The lowest BCUT2D eigenvalue weighted by atomic mass is 10.00. The highest BCUT2D eigenvalue weighted by atomic mass is 32.1. The van der Waals surface area contributed by atoms with Crippen molar-refractivity contribution in [2.75, 3.05) is 6.54 Å². The van der Waals surface area contributed by atoms with Gasteiger partial charge in [0.1, 0.15) is 11.5 Å². The Balaban J connectivity index is 1.42. The molecular weight excluding hydrogens is 479 g/mol. The minimum atomic E-state index is -1.15. The van der Waals surface area contributed by atoms with Crippen molar-refractivity contribution in [1.82, 2.24) is 9.91 Å². The molecule has 184 valence electrons. The van der Waals surface area contributed by atoms with E-state index >= 15 is 4.39 Å². The Labute approximate surface area is 212 Å². The zero-order valence-corrected chi connectivity index (χ0v) is 20.8. The minimum Gasteiger partial charge on any atom is -0.478 e. The van der Waals surface area contributed by atoms with Crippen LogP contribution in [0.2, 0.25) is 0 Å². The van der Waals surface area contributed by atoms with E-state index in [-0.39, 0.29) is 17.5 Å². The number of hydrogen-bond donors (Lipinski definition) is 1. The summed E-state index contributed by atoms with van der Waals surface area (Å²) < 4.78 is 15.1. The van der Waals surface area contributed by atoms with E-state index in [0.29, 0.717) is 42.2 Å². The standard InChI is InChI=1S/C27H25FN4O3S/c1-3-18-15-22(27(35)31-13-11-23-19(16(31)2)12-14-36-23)29-24-9-8-21(30-32(18)24)20-6-4-5-17(26(20)28)7-10-25(33)34/h4-7,9-10,12,14-16H,3,8,11,13H2,1-2H3,(H,33,34)/b10-7+/t16-/m1/s1. The lowest BCUT2D eigenvalue weighted by Gasteiger charge is -2.35. The molecular formula is C27H25FN4O3S. The molecule has 3 aliphatic rings. The van der Waals surface area contributed by atoms with Gasteiger partial charge >= 0.3 is 5.97 Å². The van der Waals surface area contributed by atoms with Crippen LogP contribution in [0.15, 0.2) is 69.5 Å². The molecule has 0 bridgehead atoms. The van der Waals surface area contributed by atoms with Gasteiger partial charge in [-0.3, -0.25) is 4.79 Å². The van der Waals surface area contributed by atoms with E-state index in [1.165, 1.54) is 22.6 Å². The molecule has 1 aromatic heterocycles. The molecule has 36 heavy (non-hydrogen) atoms. The molecule has 9 heteroatoms. The number of nitrogens with zero attached hydrogens (tertiary/aromatic N) is 4. The van der Waals surface area contributed by atoms with Crippen molar-refractivity contribution in [2.45, 2.75) is 39.2 Å². The third-order valence-corrected chi connectivity index (χ3v) is 7.59. The quantitative estimate of drug-likeness (QED) is 0.572. The number of benzene rings is 1. The number of halogens is 1. The first-order chi connectivity index (χ1) is 17.4. The van der Waals surface area contributed by atoms with Gasteiger partial charge in [-0.15, -0.1) is 11.3 Å². The van der Waals surface area contributed by atoms with Crippen LogP contribution in [-0.2, 0) is 16.0 Å². The molecule has 5 rings (SSSR count). The molecule has 0 aliphatic carbocycles. The molecule has 1 N–H and O–H groups in total. The number of thiophene rings is 1. The molecule has 0 saturated heterocycles. The number of aliphatic imine (C=N–C) groups is 1. The normalized spacial score (nSPS) is 19.2. The van der Waals surface area contributed by atoms with Crippen LogP contribution in [0.4, 0.5) is 4.39 Å². The third kappa shape index (κ3) is 4.30. The molecule has 1 atom stereocenters. The first-order valence-corrected chi connectivity index (χ1v) is 12.7. The second-order valence-corrected chi connectivity index (χ2v) is 9.72. The number of allylic oxidation sites excluding steroid dienone is 2. The highest BCUT2D eigenvalue weighted by molar-refractivity contribution is 7.10. The summed E-state index contributed by atoms with van der Waals surface area (Å²) in [5.41, 5.74) is 3.35. The van der Waals surface area contributed by atoms with Crippen molar-refractivity contribution in [1.29, 1.82) is 0 Å². The van der Waals surface area contributed by atoms with Gasteiger partial charge in [-0.1, -0.05) is 25.1 Å². The van der Waals surface area contributed by atoms with Crippen molar-refractivity contribution >= 4 is 40.7 Å². The Morgan fingerprint density at radius 1 is 1.31 bits per heavy atom. The number of carboxylic acids is 1. The van der Waals surface area contributed by atoms with Crippen molar-refractivity contribution in [3.05, 3.63) is 86.8 Å². The predicted molar refractivity (Wildman–Crippen MR) is 138 cm³/mol. The van der Waals surface area contributed by atoms with Crippen LogP contribution in [0.25, 0.3) is 6.08 Å². The summed E-state index contributed by atoms with van der Waals surface area (Å²) in [5, 5.41) is 17.3. The summed E-state index contributed by atoms with van der Waals surface area (Å²) in [6, 6.07) is 6.89. The topological polar surface area (TPSA) is 85.6 Å². The van der Waals surface area contributed by atoms with Crippen molar-refractivity contribution in [3.63, 3.8) is 0 Å². The Morgan fingerprint density at radius 2 is 2.14 bits per heavy atom. The molecule has 0 unspecified atom stereocenters. The van der Waals surface area contributed by atoms with Crippen LogP contribution in [0.5, 0.6) is 0 Å². The van der Waals surface area contributed by atoms with Gasteiger partial charge in [0.25, 0.3) is 5.91 Å². The number of carbonyl (C=O) groups is 2.